The summed E-state index contributed by atoms with van der Waals surface area (Å²) in [5.41, 5.74) is -0.481. The topological polar surface area (TPSA) is 206 Å². The molecule has 0 bridgehead atoms. The second-order valence-corrected chi connectivity index (χ2v) is 17.6. The quantitative estimate of drug-likeness (QED) is 0.200. The molecule has 5 heterocycles. The zero-order chi connectivity index (χ0) is 36.4. The van der Waals surface area contributed by atoms with E-state index in [1.54, 1.807) is 0 Å². The van der Waals surface area contributed by atoms with E-state index in [9.17, 15) is 35.7 Å². The van der Waals surface area contributed by atoms with Gasteiger partial charge in [-0.15, -0.1) is 0 Å². The van der Waals surface area contributed by atoms with Gasteiger partial charge < -0.3 is 68.9 Å². The highest BCUT2D eigenvalue weighted by atomic mass is 16.8. The Morgan fingerprint density at radius 1 is 0.784 bits per heavy atom. The Morgan fingerprint density at radius 2 is 1.53 bits per heavy atom. The SMILES string of the molecule is C[C@H]1CC[C@]2(OC1)O[C@@H]1O[C@@H]3[C@H]4CC=C5C[C@H](O[C@@H]6O[C@H](O)[C@@H](O)[C@@H](O[C@@H]7O[C@H](C)[C@@H](O)[C@H](O)[C@H]7O)[C@H]6O)CC[C@@]5(C)[C@@H]4CC[C@@]3(C)[C@@]1(O)[C@H]2C. The second kappa shape index (κ2) is 12.9. The molecule has 8 rings (SSSR count). The van der Waals surface area contributed by atoms with Crippen molar-refractivity contribution >= 4 is 0 Å². The summed E-state index contributed by atoms with van der Waals surface area (Å²) in [4.78, 5) is 0. The lowest BCUT2D eigenvalue weighted by atomic mass is 9.47. The number of hydrogen-bond donors (Lipinski definition) is 7. The summed E-state index contributed by atoms with van der Waals surface area (Å²) in [5.74, 6) is -0.0335. The zero-order valence-corrected chi connectivity index (χ0v) is 30.2. The van der Waals surface area contributed by atoms with Gasteiger partial charge in [-0.1, -0.05) is 39.3 Å². The van der Waals surface area contributed by atoms with Crippen molar-refractivity contribution in [1.29, 1.82) is 0 Å². The standard InChI is InChI=1S/C37H58O14/c1-16-8-13-36(45-15-16)18(3)37(44)33(51-36)49-29-21-7-6-19-14-20(9-11-34(19,4)22(21)10-12-35(29,37)5)47-32-27(42)28(26(41)30(43)50-32)48-31-25(40)24(39)23(38)17(2)46-31/h6,16-18,20-33,38-44H,7-15H2,1-5H3/t16-,17+,18-,20+,21-,22+,23+,24-,25+,26-,27+,28+,29+,30-,31-,32+,33-,34+,35+,36-,37+/m0/s1. The summed E-state index contributed by atoms with van der Waals surface area (Å²) in [7, 11) is 0. The maximum atomic E-state index is 12.6. The Bertz CT molecular complexity index is 1340. The molecule has 1 spiro atoms. The van der Waals surface area contributed by atoms with Crippen LogP contribution in [0.25, 0.3) is 0 Å². The summed E-state index contributed by atoms with van der Waals surface area (Å²) in [6, 6.07) is 0. The van der Waals surface area contributed by atoms with Gasteiger partial charge in [0.2, 0.25) is 0 Å². The van der Waals surface area contributed by atoms with E-state index in [-0.39, 0.29) is 29.5 Å². The van der Waals surface area contributed by atoms with Crippen LogP contribution in [-0.4, -0.2) is 134 Å². The van der Waals surface area contributed by atoms with Crippen LogP contribution in [-0.2, 0) is 33.2 Å². The Balaban J connectivity index is 0.944. The maximum absolute atomic E-state index is 12.6. The molecule has 0 radical (unpaired) electrons. The van der Waals surface area contributed by atoms with Gasteiger partial charge in [-0.05, 0) is 75.0 Å². The summed E-state index contributed by atoms with van der Waals surface area (Å²) in [6.07, 6.45) is -7.40. The predicted octanol–water partition coefficient (Wildman–Crippen LogP) is 0.799. The number of rotatable bonds is 4. The van der Waals surface area contributed by atoms with Crippen LogP contribution in [0.5, 0.6) is 0 Å². The molecule has 14 nitrogen and oxygen atoms in total. The van der Waals surface area contributed by atoms with E-state index in [4.69, 9.17) is 33.2 Å². The Morgan fingerprint density at radius 3 is 2.25 bits per heavy atom. The highest BCUT2D eigenvalue weighted by Gasteiger charge is 2.77. The average molecular weight is 727 g/mol. The average Bonchev–Trinajstić information content (AvgIpc) is 3.46. The van der Waals surface area contributed by atoms with Gasteiger partial charge in [0.15, 0.2) is 30.9 Å². The van der Waals surface area contributed by atoms with Crippen LogP contribution in [0.2, 0.25) is 0 Å². The molecule has 7 fully saturated rings. The van der Waals surface area contributed by atoms with Gasteiger partial charge in [0.1, 0.15) is 42.2 Å². The summed E-state index contributed by atoms with van der Waals surface area (Å²) < 4.78 is 42.7. The molecular weight excluding hydrogens is 668 g/mol. The minimum Gasteiger partial charge on any atom is -0.388 e. The van der Waals surface area contributed by atoms with Crippen LogP contribution in [0.15, 0.2) is 11.6 Å². The summed E-state index contributed by atoms with van der Waals surface area (Å²) >= 11 is 0. The molecule has 0 aromatic heterocycles. The van der Waals surface area contributed by atoms with Gasteiger partial charge >= 0.3 is 0 Å². The third kappa shape index (κ3) is 5.42. The normalized spacial score (nSPS) is 59.8. The van der Waals surface area contributed by atoms with Crippen LogP contribution in [0.3, 0.4) is 0 Å². The molecule has 0 amide bonds. The summed E-state index contributed by atoms with van der Waals surface area (Å²) in [5, 5.41) is 75.7. The summed E-state index contributed by atoms with van der Waals surface area (Å²) in [6.45, 7) is 10.9. The Hall–Kier alpha value is -0.820. The fourth-order valence-corrected chi connectivity index (χ4v) is 11.4. The van der Waals surface area contributed by atoms with E-state index in [2.05, 4.69) is 33.8 Å². The van der Waals surface area contributed by atoms with Crippen molar-refractivity contribution < 1.29 is 68.9 Å². The molecular formula is C37H58O14. The first-order valence-corrected chi connectivity index (χ1v) is 19.1. The number of fused-ring (bicyclic) bond motifs is 7. The van der Waals surface area contributed by atoms with Crippen LogP contribution in [0.1, 0.15) is 86.0 Å². The van der Waals surface area contributed by atoms with E-state index < -0.39 is 84.7 Å². The van der Waals surface area contributed by atoms with Gasteiger partial charge in [-0.2, -0.15) is 0 Å². The van der Waals surface area contributed by atoms with E-state index in [0.29, 0.717) is 31.3 Å². The highest BCUT2D eigenvalue weighted by Crippen LogP contribution is 2.69. The highest BCUT2D eigenvalue weighted by molar-refractivity contribution is 5.28. The third-order valence-electron chi connectivity index (χ3n) is 14.8. The van der Waals surface area contributed by atoms with Gasteiger partial charge in [0.25, 0.3) is 0 Å². The number of ether oxygens (including phenoxy) is 7. The Kier molecular flexibility index (Phi) is 9.37. The minimum atomic E-state index is -1.76. The zero-order valence-electron chi connectivity index (χ0n) is 30.2. The number of aliphatic hydroxyl groups is 7. The van der Waals surface area contributed by atoms with E-state index >= 15 is 0 Å². The van der Waals surface area contributed by atoms with Crippen molar-refractivity contribution in [3.05, 3.63) is 11.6 Å². The van der Waals surface area contributed by atoms with Crippen molar-refractivity contribution in [1.82, 2.24) is 0 Å². The molecule has 5 aliphatic heterocycles. The first-order chi connectivity index (χ1) is 24.0. The fraction of sp³-hybridized carbons (Fsp3) is 0.946. The van der Waals surface area contributed by atoms with E-state index in [1.165, 1.54) is 12.5 Å². The first kappa shape index (κ1) is 37.1. The largest absolute Gasteiger partial charge is 0.388 e. The molecule has 2 saturated carbocycles. The van der Waals surface area contributed by atoms with Crippen molar-refractivity contribution in [2.45, 2.75) is 177 Å². The number of aliphatic hydroxyl groups excluding tert-OH is 6. The molecule has 21 atom stereocenters. The lowest BCUT2D eigenvalue weighted by Crippen LogP contribution is -2.64. The minimum absolute atomic E-state index is 0.117. The maximum Gasteiger partial charge on any atom is 0.191 e. The fourth-order valence-electron chi connectivity index (χ4n) is 11.4. The smallest absolute Gasteiger partial charge is 0.191 e. The van der Waals surface area contributed by atoms with Gasteiger partial charge in [-0.3, -0.25) is 0 Å². The van der Waals surface area contributed by atoms with Crippen LogP contribution < -0.4 is 0 Å². The molecule has 0 unspecified atom stereocenters. The van der Waals surface area contributed by atoms with Crippen molar-refractivity contribution in [2.24, 2.45) is 34.5 Å². The molecule has 0 aromatic rings. The van der Waals surface area contributed by atoms with Crippen LogP contribution in [0, 0.1) is 34.5 Å². The van der Waals surface area contributed by atoms with Crippen molar-refractivity contribution in [3.63, 3.8) is 0 Å². The molecule has 290 valence electrons. The van der Waals surface area contributed by atoms with E-state index in [0.717, 1.165) is 38.5 Å². The first-order valence-electron chi connectivity index (χ1n) is 19.1. The monoisotopic (exact) mass is 726 g/mol. The molecule has 14 heteroatoms. The van der Waals surface area contributed by atoms with E-state index in [1.807, 2.05) is 0 Å². The lowest BCUT2D eigenvalue weighted by molar-refractivity contribution is -0.382. The molecule has 7 N–H and O–H groups in total. The second-order valence-electron chi connectivity index (χ2n) is 17.6. The van der Waals surface area contributed by atoms with Gasteiger partial charge in [0.05, 0.1) is 24.9 Å². The lowest BCUT2D eigenvalue weighted by Gasteiger charge is -2.58. The van der Waals surface area contributed by atoms with Crippen molar-refractivity contribution in [3.8, 4) is 0 Å². The molecule has 5 saturated heterocycles. The number of allylic oxidation sites excluding steroid dienone is 1. The molecule has 3 aliphatic carbocycles. The van der Waals surface area contributed by atoms with Crippen LogP contribution >= 0.6 is 0 Å². The predicted molar refractivity (Wildman–Crippen MR) is 175 cm³/mol. The Labute approximate surface area is 298 Å². The number of hydrogen-bond acceptors (Lipinski definition) is 14. The third-order valence-corrected chi connectivity index (χ3v) is 14.8. The molecule has 0 aromatic carbocycles. The van der Waals surface area contributed by atoms with Gasteiger partial charge in [0, 0.05) is 17.8 Å². The molecule has 8 aliphatic rings. The van der Waals surface area contributed by atoms with Gasteiger partial charge in [-0.25, -0.2) is 0 Å². The van der Waals surface area contributed by atoms with Crippen LogP contribution in [0.4, 0.5) is 0 Å². The van der Waals surface area contributed by atoms with Crippen molar-refractivity contribution in [2.75, 3.05) is 6.61 Å². The molecule has 51 heavy (non-hydrogen) atoms.